The van der Waals surface area contributed by atoms with Crippen molar-refractivity contribution in [2.45, 2.75) is 6.10 Å². The molecule has 1 unspecified atom stereocenters. The number of ether oxygens (including phenoxy) is 2. The van der Waals surface area contributed by atoms with E-state index in [1.54, 1.807) is 35.4 Å². The number of para-hydroxylation sites is 2. The maximum atomic E-state index is 12.3. The number of amides is 1. The van der Waals surface area contributed by atoms with Gasteiger partial charge in [-0.2, -0.15) is 0 Å². The van der Waals surface area contributed by atoms with Gasteiger partial charge in [0.1, 0.15) is 12.9 Å². The van der Waals surface area contributed by atoms with Crippen molar-refractivity contribution in [2.24, 2.45) is 0 Å². The number of imidazole rings is 1. The number of fused-ring (bicyclic) bond motifs is 1. The van der Waals surface area contributed by atoms with E-state index in [0.29, 0.717) is 23.1 Å². The van der Waals surface area contributed by atoms with Crippen LogP contribution in [0, 0.1) is 0 Å². The number of rotatable bonds is 3. The second-order valence-electron chi connectivity index (χ2n) is 5.10. The summed E-state index contributed by atoms with van der Waals surface area (Å²) in [7, 11) is 0. The molecule has 0 bridgehead atoms. The smallest absolute Gasteiger partial charge is 0.269 e. The Morgan fingerprint density at radius 1 is 1.21 bits per heavy atom. The highest BCUT2D eigenvalue weighted by Crippen LogP contribution is 2.31. The van der Waals surface area contributed by atoms with Gasteiger partial charge in [-0.25, -0.2) is 15.0 Å². The van der Waals surface area contributed by atoms with Crippen LogP contribution in [0.5, 0.6) is 11.5 Å². The molecule has 120 valence electrons. The molecule has 8 heteroatoms. The molecule has 24 heavy (non-hydrogen) atoms. The number of carbonyl (C=O) groups excluding carboxylic acids is 1. The van der Waals surface area contributed by atoms with Crippen LogP contribution in [0.15, 0.2) is 55.4 Å². The molecular formula is C16H13N5O3. The number of carbonyl (C=O) groups is 1. The number of benzene rings is 1. The third kappa shape index (κ3) is 2.76. The summed E-state index contributed by atoms with van der Waals surface area (Å²) in [6.45, 7) is 0.150. The number of hydrogen-bond acceptors (Lipinski definition) is 6. The molecule has 0 fully saturated rings. The van der Waals surface area contributed by atoms with Gasteiger partial charge in [-0.05, 0) is 12.1 Å². The summed E-state index contributed by atoms with van der Waals surface area (Å²) < 4.78 is 12.9. The minimum Gasteiger partial charge on any atom is -0.485 e. The van der Waals surface area contributed by atoms with Crippen molar-refractivity contribution in [1.82, 2.24) is 19.5 Å². The first-order valence-electron chi connectivity index (χ1n) is 7.29. The molecule has 0 saturated carbocycles. The van der Waals surface area contributed by atoms with E-state index in [2.05, 4.69) is 20.3 Å². The molecule has 1 amide bonds. The van der Waals surface area contributed by atoms with Crippen molar-refractivity contribution in [1.29, 1.82) is 0 Å². The lowest BCUT2D eigenvalue weighted by Gasteiger charge is -2.25. The standard InChI is InChI=1S/C16H13N5O3/c22-15(14-9-23-12-3-1-2-4-13(12)24-14)20-11-7-18-16(19-8-11)21-6-5-17-10-21/h1-8,10,14H,9H2,(H,20,22). The molecule has 0 radical (unpaired) electrons. The van der Waals surface area contributed by atoms with Crippen molar-refractivity contribution < 1.29 is 14.3 Å². The van der Waals surface area contributed by atoms with Crippen molar-refractivity contribution in [3.8, 4) is 17.4 Å². The van der Waals surface area contributed by atoms with Crippen LogP contribution in [0.25, 0.3) is 5.95 Å². The van der Waals surface area contributed by atoms with Crippen molar-refractivity contribution in [2.75, 3.05) is 11.9 Å². The zero-order valence-corrected chi connectivity index (χ0v) is 12.5. The number of nitrogens with zero attached hydrogens (tertiary/aromatic N) is 4. The summed E-state index contributed by atoms with van der Waals surface area (Å²) >= 11 is 0. The van der Waals surface area contributed by atoms with Crippen LogP contribution in [0.4, 0.5) is 5.69 Å². The molecular weight excluding hydrogens is 310 g/mol. The molecule has 0 spiro atoms. The molecule has 1 N–H and O–H groups in total. The highest BCUT2D eigenvalue weighted by atomic mass is 16.6. The number of nitrogens with one attached hydrogen (secondary N) is 1. The van der Waals surface area contributed by atoms with Crippen LogP contribution in [-0.2, 0) is 4.79 Å². The van der Waals surface area contributed by atoms with Gasteiger partial charge in [-0.15, -0.1) is 0 Å². The zero-order valence-electron chi connectivity index (χ0n) is 12.5. The lowest BCUT2D eigenvalue weighted by Crippen LogP contribution is -2.40. The summed E-state index contributed by atoms with van der Waals surface area (Å²) in [5.41, 5.74) is 0.478. The lowest BCUT2D eigenvalue weighted by atomic mass is 10.2. The van der Waals surface area contributed by atoms with E-state index >= 15 is 0 Å². The quantitative estimate of drug-likeness (QED) is 0.784. The molecule has 4 rings (SSSR count). The van der Waals surface area contributed by atoms with E-state index in [0.717, 1.165) is 0 Å². The molecule has 1 aromatic carbocycles. The average molecular weight is 323 g/mol. The summed E-state index contributed by atoms with van der Waals surface area (Å²) in [6, 6.07) is 7.23. The fraction of sp³-hybridized carbons (Fsp3) is 0.125. The Hall–Kier alpha value is -3.42. The van der Waals surface area contributed by atoms with Crippen LogP contribution in [0.1, 0.15) is 0 Å². The van der Waals surface area contributed by atoms with Crippen molar-refractivity contribution in [3.05, 3.63) is 55.4 Å². The van der Waals surface area contributed by atoms with Gasteiger partial charge >= 0.3 is 0 Å². The highest BCUT2D eigenvalue weighted by molar-refractivity contribution is 5.94. The molecule has 3 aromatic rings. The Kier molecular flexibility index (Phi) is 3.54. The van der Waals surface area contributed by atoms with Gasteiger partial charge < -0.3 is 14.8 Å². The maximum absolute atomic E-state index is 12.3. The fourth-order valence-electron chi connectivity index (χ4n) is 2.27. The minimum atomic E-state index is -0.728. The van der Waals surface area contributed by atoms with E-state index in [4.69, 9.17) is 9.47 Å². The molecule has 1 atom stereocenters. The van der Waals surface area contributed by atoms with E-state index in [9.17, 15) is 4.79 Å². The van der Waals surface area contributed by atoms with Crippen LogP contribution >= 0.6 is 0 Å². The second kappa shape index (κ2) is 5.99. The summed E-state index contributed by atoms with van der Waals surface area (Å²) in [5, 5.41) is 2.72. The van der Waals surface area contributed by atoms with Crippen LogP contribution in [-0.4, -0.2) is 38.1 Å². The zero-order chi connectivity index (χ0) is 16.4. The Morgan fingerprint density at radius 3 is 2.75 bits per heavy atom. The van der Waals surface area contributed by atoms with Gasteiger partial charge in [0.2, 0.25) is 12.1 Å². The van der Waals surface area contributed by atoms with Gasteiger partial charge in [-0.1, -0.05) is 12.1 Å². The molecule has 3 heterocycles. The Balaban J connectivity index is 1.43. The van der Waals surface area contributed by atoms with Crippen LogP contribution in [0.2, 0.25) is 0 Å². The Bertz CT molecular complexity index is 848. The second-order valence-corrected chi connectivity index (χ2v) is 5.10. The first-order chi connectivity index (χ1) is 11.8. The van der Waals surface area contributed by atoms with Crippen molar-refractivity contribution in [3.63, 3.8) is 0 Å². The van der Waals surface area contributed by atoms with E-state index in [-0.39, 0.29) is 12.5 Å². The van der Waals surface area contributed by atoms with Gasteiger partial charge in [0.25, 0.3) is 5.91 Å². The van der Waals surface area contributed by atoms with Crippen LogP contribution in [0.3, 0.4) is 0 Å². The molecule has 1 aliphatic rings. The molecule has 0 aliphatic carbocycles. The maximum Gasteiger partial charge on any atom is 0.269 e. The summed E-state index contributed by atoms with van der Waals surface area (Å²) in [6.07, 6.45) is 7.29. The van der Waals surface area contributed by atoms with Gasteiger partial charge in [-0.3, -0.25) is 9.36 Å². The summed E-state index contributed by atoms with van der Waals surface area (Å²) in [4.78, 5) is 24.6. The van der Waals surface area contributed by atoms with Gasteiger partial charge in [0.05, 0.1) is 18.1 Å². The minimum absolute atomic E-state index is 0.150. The first-order valence-corrected chi connectivity index (χ1v) is 7.29. The van der Waals surface area contributed by atoms with Gasteiger partial charge in [0.15, 0.2) is 11.5 Å². The predicted molar refractivity (Wildman–Crippen MR) is 84.1 cm³/mol. The van der Waals surface area contributed by atoms with E-state index in [1.807, 2.05) is 12.1 Å². The molecule has 1 aliphatic heterocycles. The number of hydrogen-bond donors (Lipinski definition) is 1. The van der Waals surface area contributed by atoms with Crippen molar-refractivity contribution >= 4 is 11.6 Å². The third-order valence-corrected chi connectivity index (χ3v) is 3.44. The van der Waals surface area contributed by atoms with Crippen LogP contribution < -0.4 is 14.8 Å². The molecule has 0 saturated heterocycles. The summed E-state index contributed by atoms with van der Waals surface area (Å²) in [5.74, 6) is 1.34. The lowest BCUT2D eigenvalue weighted by molar-refractivity contribution is -0.125. The monoisotopic (exact) mass is 323 g/mol. The third-order valence-electron chi connectivity index (χ3n) is 3.44. The normalized spacial score (nSPS) is 15.8. The fourth-order valence-corrected chi connectivity index (χ4v) is 2.27. The highest BCUT2D eigenvalue weighted by Gasteiger charge is 2.27. The predicted octanol–water partition coefficient (Wildman–Crippen LogP) is 1.44. The Morgan fingerprint density at radius 2 is 2.00 bits per heavy atom. The first kappa shape index (κ1) is 14.2. The molecule has 8 nitrogen and oxygen atoms in total. The van der Waals surface area contributed by atoms with E-state index in [1.165, 1.54) is 12.4 Å². The van der Waals surface area contributed by atoms with Gasteiger partial charge in [0, 0.05) is 12.4 Å². The van der Waals surface area contributed by atoms with E-state index < -0.39 is 6.10 Å². The SMILES string of the molecule is O=C(Nc1cnc(-n2ccnc2)nc1)C1COc2ccccc2O1. The number of aromatic nitrogens is 4. The number of anilines is 1. The average Bonchev–Trinajstić information content (AvgIpc) is 3.16. The largest absolute Gasteiger partial charge is 0.485 e. The Labute approximate surface area is 137 Å². The topological polar surface area (TPSA) is 91.2 Å². The molecule has 2 aromatic heterocycles.